The highest BCUT2D eigenvalue weighted by Gasteiger charge is 2.11. The van der Waals surface area contributed by atoms with E-state index in [0.717, 1.165) is 0 Å². The van der Waals surface area contributed by atoms with E-state index in [1.54, 1.807) is 30.3 Å². The van der Waals surface area contributed by atoms with Gasteiger partial charge in [-0.1, -0.05) is 35.3 Å². The molecular formula is C16H15Cl2NO2. The first-order chi connectivity index (χ1) is 10.1. The highest BCUT2D eigenvalue weighted by atomic mass is 35.5. The summed E-state index contributed by atoms with van der Waals surface area (Å²) in [5, 5.41) is 3.78. The molecule has 21 heavy (non-hydrogen) atoms. The van der Waals surface area contributed by atoms with Crippen molar-refractivity contribution in [2.75, 3.05) is 11.9 Å². The molecule has 0 radical (unpaired) electrons. The van der Waals surface area contributed by atoms with E-state index in [1.807, 2.05) is 19.1 Å². The number of carbonyl (C=O) groups is 1. The molecule has 0 aliphatic rings. The van der Waals surface area contributed by atoms with Gasteiger partial charge in [0.05, 0.1) is 13.0 Å². The first-order valence-electron chi connectivity index (χ1n) is 6.55. The molecule has 110 valence electrons. The molecule has 0 aliphatic heterocycles. The Bertz CT molecular complexity index is 624. The smallest absolute Gasteiger partial charge is 0.228 e. The average molecular weight is 324 g/mol. The summed E-state index contributed by atoms with van der Waals surface area (Å²) in [7, 11) is 0. The number of hydrogen-bond acceptors (Lipinski definition) is 2. The van der Waals surface area contributed by atoms with Crippen LogP contribution in [0.1, 0.15) is 12.5 Å². The molecule has 0 aromatic heterocycles. The maximum Gasteiger partial charge on any atom is 0.228 e. The summed E-state index contributed by atoms with van der Waals surface area (Å²) in [5.74, 6) is 0.532. The number of anilines is 1. The van der Waals surface area contributed by atoms with Crippen LogP contribution in [0, 0.1) is 0 Å². The Balaban J connectivity index is 2.06. The topological polar surface area (TPSA) is 38.3 Å². The maximum atomic E-state index is 12.1. The van der Waals surface area contributed by atoms with Crippen molar-refractivity contribution >= 4 is 34.8 Å². The SMILES string of the molecule is CCOc1cccc(NC(=O)Cc2c(Cl)cccc2Cl)c1. The van der Waals surface area contributed by atoms with Crippen LogP contribution in [0.4, 0.5) is 5.69 Å². The van der Waals surface area contributed by atoms with E-state index in [9.17, 15) is 4.79 Å². The molecule has 2 aromatic rings. The first-order valence-corrected chi connectivity index (χ1v) is 7.31. The van der Waals surface area contributed by atoms with Crippen LogP contribution in [0.25, 0.3) is 0 Å². The van der Waals surface area contributed by atoms with Crippen molar-refractivity contribution in [1.29, 1.82) is 0 Å². The van der Waals surface area contributed by atoms with E-state index in [1.165, 1.54) is 0 Å². The minimum absolute atomic E-state index is 0.122. The van der Waals surface area contributed by atoms with Gasteiger partial charge in [-0.15, -0.1) is 0 Å². The Labute approximate surface area is 133 Å². The fraction of sp³-hybridized carbons (Fsp3) is 0.188. The molecule has 2 rings (SSSR count). The molecule has 3 nitrogen and oxygen atoms in total. The number of rotatable bonds is 5. The van der Waals surface area contributed by atoms with Crippen LogP contribution in [0.5, 0.6) is 5.75 Å². The summed E-state index contributed by atoms with van der Waals surface area (Å²) >= 11 is 12.1. The lowest BCUT2D eigenvalue weighted by molar-refractivity contribution is -0.115. The fourth-order valence-electron chi connectivity index (χ4n) is 1.90. The standard InChI is InChI=1S/C16H15Cl2NO2/c1-2-21-12-6-3-5-11(9-12)19-16(20)10-13-14(17)7-4-8-15(13)18/h3-9H,2,10H2,1H3,(H,19,20). The van der Waals surface area contributed by atoms with Gasteiger partial charge in [-0.25, -0.2) is 0 Å². The summed E-state index contributed by atoms with van der Waals surface area (Å²) in [4.78, 5) is 12.1. The predicted octanol–water partition coefficient (Wildman–Crippen LogP) is 4.57. The van der Waals surface area contributed by atoms with E-state index >= 15 is 0 Å². The van der Waals surface area contributed by atoms with Gasteiger partial charge in [-0.05, 0) is 36.8 Å². The van der Waals surface area contributed by atoms with Gasteiger partial charge in [0.1, 0.15) is 5.75 Å². The van der Waals surface area contributed by atoms with Crippen LogP contribution >= 0.6 is 23.2 Å². The summed E-state index contributed by atoms with van der Waals surface area (Å²) < 4.78 is 5.39. The van der Waals surface area contributed by atoms with Crippen molar-refractivity contribution in [3.63, 3.8) is 0 Å². The molecular weight excluding hydrogens is 309 g/mol. The summed E-state index contributed by atoms with van der Waals surface area (Å²) in [6, 6.07) is 12.4. The van der Waals surface area contributed by atoms with Crippen LogP contribution in [-0.2, 0) is 11.2 Å². The molecule has 1 N–H and O–H groups in total. The lowest BCUT2D eigenvalue weighted by atomic mass is 10.1. The molecule has 0 aliphatic carbocycles. The second-order valence-electron chi connectivity index (χ2n) is 4.39. The van der Waals surface area contributed by atoms with Crippen molar-refractivity contribution in [3.05, 3.63) is 58.1 Å². The van der Waals surface area contributed by atoms with Gasteiger partial charge < -0.3 is 10.1 Å². The van der Waals surface area contributed by atoms with Crippen LogP contribution in [0.3, 0.4) is 0 Å². The zero-order valence-corrected chi connectivity index (χ0v) is 13.0. The van der Waals surface area contributed by atoms with Crippen molar-refractivity contribution in [3.8, 4) is 5.75 Å². The molecule has 0 spiro atoms. The Hall–Kier alpha value is -1.71. The van der Waals surface area contributed by atoms with Gasteiger partial charge in [0.25, 0.3) is 0 Å². The number of benzene rings is 2. The van der Waals surface area contributed by atoms with E-state index in [-0.39, 0.29) is 12.3 Å². The molecule has 0 unspecified atom stereocenters. The third-order valence-corrected chi connectivity index (χ3v) is 3.54. The van der Waals surface area contributed by atoms with E-state index in [2.05, 4.69) is 5.32 Å². The average Bonchev–Trinajstić information content (AvgIpc) is 2.44. The van der Waals surface area contributed by atoms with Crippen molar-refractivity contribution in [2.45, 2.75) is 13.3 Å². The molecule has 0 bridgehead atoms. The molecule has 1 amide bonds. The van der Waals surface area contributed by atoms with Crippen LogP contribution < -0.4 is 10.1 Å². The zero-order valence-electron chi connectivity index (χ0n) is 11.5. The fourth-order valence-corrected chi connectivity index (χ4v) is 2.43. The van der Waals surface area contributed by atoms with Gasteiger partial charge in [-0.2, -0.15) is 0 Å². The van der Waals surface area contributed by atoms with Gasteiger partial charge in [0, 0.05) is 21.8 Å². The third kappa shape index (κ3) is 4.38. The number of carbonyl (C=O) groups excluding carboxylic acids is 1. The van der Waals surface area contributed by atoms with Gasteiger partial charge >= 0.3 is 0 Å². The minimum atomic E-state index is -0.182. The first kappa shape index (κ1) is 15.7. The summed E-state index contributed by atoms with van der Waals surface area (Å²) in [6.45, 7) is 2.48. The Kier molecular flexibility index (Phi) is 5.48. The minimum Gasteiger partial charge on any atom is -0.494 e. The van der Waals surface area contributed by atoms with Crippen molar-refractivity contribution in [1.82, 2.24) is 0 Å². The predicted molar refractivity (Wildman–Crippen MR) is 86.4 cm³/mol. The van der Waals surface area contributed by atoms with Gasteiger partial charge in [0.2, 0.25) is 5.91 Å². The monoisotopic (exact) mass is 323 g/mol. The van der Waals surface area contributed by atoms with Crippen LogP contribution in [-0.4, -0.2) is 12.5 Å². The lowest BCUT2D eigenvalue weighted by Gasteiger charge is -2.09. The molecule has 0 heterocycles. The van der Waals surface area contributed by atoms with Crippen molar-refractivity contribution < 1.29 is 9.53 Å². The zero-order chi connectivity index (χ0) is 15.2. The molecule has 0 saturated heterocycles. The van der Waals surface area contributed by atoms with Gasteiger partial charge in [0.15, 0.2) is 0 Å². The number of ether oxygens (including phenoxy) is 1. The normalized spacial score (nSPS) is 10.2. The number of nitrogens with one attached hydrogen (secondary N) is 1. The quantitative estimate of drug-likeness (QED) is 0.875. The molecule has 0 fully saturated rings. The lowest BCUT2D eigenvalue weighted by Crippen LogP contribution is -2.15. The summed E-state index contributed by atoms with van der Waals surface area (Å²) in [6.07, 6.45) is 0.122. The van der Waals surface area contributed by atoms with Crippen molar-refractivity contribution in [2.24, 2.45) is 0 Å². The van der Waals surface area contributed by atoms with Gasteiger partial charge in [-0.3, -0.25) is 4.79 Å². The Morgan fingerprint density at radius 3 is 2.48 bits per heavy atom. The second kappa shape index (κ2) is 7.34. The van der Waals surface area contributed by atoms with E-state index < -0.39 is 0 Å². The summed E-state index contributed by atoms with van der Waals surface area (Å²) in [5.41, 5.74) is 1.30. The Morgan fingerprint density at radius 2 is 1.81 bits per heavy atom. The number of hydrogen-bond donors (Lipinski definition) is 1. The largest absolute Gasteiger partial charge is 0.494 e. The highest BCUT2D eigenvalue weighted by Crippen LogP contribution is 2.25. The third-order valence-electron chi connectivity index (χ3n) is 2.83. The van der Waals surface area contributed by atoms with E-state index in [4.69, 9.17) is 27.9 Å². The molecule has 0 saturated carbocycles. The Morgan fingerprint density at radius 1 is 1.14 bits per heavy atom. The second-order valence-corrected chi connectivity index (χ2v) is 5.20. The molecule has 2 aromatic carbocycles. The number of amides is 1. The van der Waals surface area contributed by atoms with Crippen LogP contribution in [0.15, 0.2) is 42.5 Å². The van der Waals surface area contributed by atoms with E-state index in [0.29, 0.717) is 33.7 Å². The highest BCUT2D eigenvalue weighted by molar-refractivity contribution is 6.36. The van der Waals surface area contributed by atoms with Crippen LogP contribution in [0.2, 0.25) is 10.0 Å². The number of halogens is 2. The molecule has 5 heteroatoms. The maximum absolute atomic E-state index is 12.1. The molecule has 0 atom stereocenters.